The summed E-state index contributed by atoms with van der Waals surface area (Å²) in [6.07, 6.45) is 0. The number of hydrogen-bond donors (Lipinski definition) is 0. The lowest BCUT2D eigenvalue weighted by Gasteiger charge is -2.19. The van der Waals surface area contributed by atoms with Crippen molar-refractivity contribution < 1.29 is 9.53 Å². The van der Waals surface area contributed by atoms with Crippen LogP contribution in [0.25, 0.3) is 10.9 Å². The van der Waals surface area contributed by atoms with Crippen molar-refractivity contribution in [1.82, 2.24) is 4.57 Å². The number of aromatic nitrogens is 1. The maximum absolute atomic E-state index is 12.3. The summed E-state index contributed by atoms with van der Waals surface area (Å²) in [6.45, 7) is 7.57. The van der Waals surface area contributed by atoms with E-state index in [0.717, 1.165) is 27.6 Å². The molecule has 0 aliphatic carbocycles. The average Bonchev–Trinajstić information content (AvgIpc) is 2.38. The van der Waals surface area contributed by atoms with Gasteiger partial charge in [0.15, 0.2) is 0 Å². The zero-order valence-electron chi connectivity index (χ0n) is 12.5. The number of nitrogens with zero attached hydrogens (tertiary/aromatic N) is 1. The fourth-order valence-corrected chi connectivity index (χ4v) is 2.68. The highest BCUT2D eigenvalue weighted by Crippen LogP contribution is 2.24. The zero-order valence-corrected chi connectivity index (χ0v) is 12.5. The lowest BCUT2D eigenvalue weighted by molar-refractivity contribution is -0.144. The Morgan fingerprint density at radius 3 is 2.40 bits per heavy atom. The monoisotopic (exact) mass is 273 g/mol. The van der Waals surface area contributed by atoms with Crippen LogP contribution in [0.15, 0.2) is 23.0 Å². The fraction of sp³-hybridized carbons (Fsp3) is 0.375. The number of esters is 1. The van der Waals surface area contributed by atoms with Gasteiger partial charge < -0.3 is 4.74 Å². The molecule has 20 heavy (non-hydrogen) atoms. The molecule has 0 aliphatic rings. The van der Waals surface area contributed by atoms with Crippen LogP contribution >= 0.6 is 0 Å². The second-order valence-corrected chi connectivity index (χ2v) is 5.21. The van der Waals surface area contributed by atoms with Crippen LogP contribution in [0.3, 0.4) is 0 Å². The van der Waals surface area contributed by atoms with Crippen LogP contribution < -0.4 is 5.56 Å². The van der Waals surface area contributed by atoms with Crippen LogP contribution in [0.2, 0.25) is 0 Å². The lowest BCUT2D eigenvalue weighted by Crippen LogP contribution is -2.29. The molecule has 1 atom stereocenters. The van der Waals surface area contributed by atoms with Gasteiger partial charge >= 0.3 is 5.97 Å². The number of carbonyl (C=O) groups excluding carboxylic acids is 1. The lowest BCUT2D eigenvalue weighted by atomic mass is 10.0. The van der Waals surface area contributed by atoms with Gasteiger partial charge in [0.1, 0.15) is 6.04 Å². The molecule has 106 valence electrons. The topological polar surface area (TPSA) is 48.3 Å². The third-order valence-electron chi connectivity index (χ3n) is 3.62. The minimum atomic E-state index is -0.642. The molecule has 1 heterocycles. The van der Waals surface area contributed by atoms with E-state index >= 15 is 0 Å². The number of carbonyl (C=O) groups is 1. The van der Waals surface area contributed by atoms with E-state index in [1.54, 1.807) is 13.0 Å². The van der Waals surface area contributed by atoms with Crippen LogP contribution in [0.1, 0.15) is 29.7 Å². The molecule has 0 bridgehead atoms. The predicted molar refractivity (Wildman–Crippen MR) is 79.1 cm³/mol. The molecule has 4 heteroatoms. The van der Waals surface area contributed by atoms with Gasteiger partial charge in [0, 0.05) is 11.5 Å². The molecule has 0 N–H and O–H groups in total. The van der Waals surface area contributed by atoms with Gasteiger partial charge in [-0.05, 0) is 44.9 Å². The molecule has 0 aliphatic heterocycles. The predicted octanol–water partition coefficient (Wildman–Crippen LogP) is 2.66. The fourth-order valence-electron chi connectivity index (χ4n) is 2.68. The van der Waals surface area contributed by atoms with Crippen molar-refractivity contribution in [2.24, 2.45) is 0 Å². The molecule has 0 spiro atoms. The van der Waals surface area contributed by atoms with Crippen molar-refractivity contribution in [2.45, 2.75) is 33.7 Å². The van der Waals surface area contributed by atoms with E-state index in [1.165, 1.54) is 11.7 Å². The Morgan fingerprint density at radius 2 is 1.80 bits per heavy atom. The van der Waals surface area contributed by atoms with E-state index in [-0.39, 0.29) is 5.56 Å². The quantitative estimate of drug-likeness (QED) is 0.790. The number of fused-ring (bicyclic) bond motifs is 1. The normalized spacial score (nSPS) is 12.4. The molecule has 0 saturated carbocycles. The van der Waals surface area contributed by atoms with Crippen LogP contribution in [0.4, 0.5) is 0 Å². The van der Waals surface area contributed by atoms with E-state index in [0.29, 0.717) is 0 Å². The van der Waals surface area contributed by atoms with Gasteiger partial charge in [0.25, 0.3) is 5.56 Å². The van der Waals surface area contributed by atoms with Crippen LogP contribution in [0, 0.1) is 20.8 Å². The van der Waals surface area contributed by atoms with Crippen LogP contribution in [-0.4, -0.2) is 17.6 Å². The summed E-state index contributed by atoms with van der Waals surface area (Å²) < 4.78 is 6.28. The third-order valence-corrected chi connectivity index (χ3v) is 3.62. The summed E-state index contributed by atoms with van der Waals surface area (Å²) in [7, 11) is 1.33. The van der Waals surface area contributed by atoms with Gasteiger partial charge in [-0.25, -0.2) is 4.79 Å². The van der Waals surface area contributed by atoms with E-state index in [9.17, 15) is 9.59 Å². The van der Waals surface area contributed by atoms with Crippen molar-refractivity contribution in [3.05, 3.63) is 45.2 Å². The van der Waals surface area contributed by atoms with E-state index in [4.69, 9.17) is 4.74 Å². The van der Waals surface area contributed by atoms with E-state index in [2.05, 4.69) is 0 Å². The minimum absolute atomic E-state index is 0.181. The maximum Gasteiger partial charge on any atom is 0.328 e. The van der Waals surface area contributed by atoms with Crippen molar-refractivity contribution in [1.29, 1.82) is 0 Å². The Kier molecular flexibility index (Phi) is 3.66. The Morgan fingerprint density at radius 1 is 1.15 bits per heavy atom. The molecular weight excluding hydrogens is 254 g/mol. The van der Waals surface area contributed by atoms with Gasteiger partial charge in [0.05, 0.1) is 12.6 Å². The van der Waals surface area contributed by atoms with Crippen molar-refractivity contribution in [3.63, 3.8) is 0 Å². The Balaban J connectivity index is 2.91. The highest BCUT2D eigenvalue weighted by Gasteiger charge is 2.20. The molecule has 4 nitrogen and oxygen atoms in total. The summed E-state index contributed by atoms with van der Waals surface area (Å²) in [5.74, 6) is -0.419. The molecule has 2 aromatic rings. The van der Waals surface area contributed by atoms with Crippen LogP contribution in [0.5, 0.6) is 0 Å². The molecule has 2 rings (SSSR count). The maximum atomic E-state index is 12.3. The third kappa shape index (κ3) is 2.22. The highest BCUT2D eigenvalue weighted by molar-refractivity contribution is 5.87. The SMILES string of the molecule is COC(=O)C(C)n1c(=O)cc(C)c2cc(C)cc(C)c21. The first kappa shape index (κ1) is 14.3. The van der Waals surface area contributed by atoms with Crippen molar-refractivity contribution in [2.75, 3.05) is 7.11 Å². The van der Waals surface area contributed by atoms with Gasteiger partial charge in [-0.3, -0.25) is 9.36 Å². The van der Waals surface area contributed by atoms with Crippen molar-refractivity contribution >= 4 is 16.9 Å². The summed E-state index contributed by atoms with van der Waals surface area (Å²) in [5, 5.41) is 0.998. The summed E-state index contributed by atoms with van der Waals surface area (Å²) >= 11 is 0. The largest absolute Gasteiger partial charge is 0.467 e. The first-order chi connectivity index (χ1) is 9.36. The highest BCUT2D eigenvalue weighted by atomic mass is 16.5. The van der Waals surface area contributed by atoms with Gasteiger partial charge in [-0.2, -0.15) is 0 Å². The number of benzene rings is 1. The van der Waals surface area contributed by atoms with Gasteiger partial charge in [-0.1, -0.05) is 11.6 Å². The number of ether oxygens (including phenoxy) is 1. The van der Waals surface area contributed by atoms with Crippen molar-refractivity contribution in [3.8, 4) is 0 Å². The summed E-state index contributed by atoms with van der Waals surface area (Å²) in [6, 6.07) is 4.98. The summed E-state index contributed by atoms with van der Waals surface area (Å²) in [5.41, 5.74) is 3.66. The Bertz CT molecular complexity index is 743. The second-order valence-electron chi connectivity index (χ2n) is 5.21. The zero-order chi connectivity index (χ0) is 15.0. The molecular formula is C16H19NO3. The molecule has 0 amide bonds. The molecule has 0 fully saturated rings. The van der Waals surface area contributed by atoms with Gasteiger partial charge in [-0.15, -0.1) is 0 Å². The molecule has 1 unspecified atom stereocenters. The molecule has 1 aromatic carbocycles. The average molecular weight is 273 g/mol. The standard InChI is InChI=1S/C16H19NO3/c1-9-6-11(3)15-13(7-9)10(2)8-14(18)17(15)12(4)16(19)20-5/h6-8,12H,1-5H3. The number of hydrogen-bond acceptors (Lipinski definition) is 3. The molecule has 0 radical (unpaired) electrons. The number of methoxy groups -OCH3 is 1. The minimum Gasteiger partial charge on any atom is -0.467 e. The number of aryl methyl sites for hydroxylation is 3. The number of rotatable bonds is 2. The summed E-state index contributed by atoms with van der Waals surface area (Å²) in [4.78, 5) is 24.1. The van der Waals surface area contributed by atoms with Gasteiger partial charge in [0.2, 0.25) is 0 Å². The second kappa shape index (κ2) is 5.12. The molecule has 0 saturated heterocycles. The van der Waals surface area contributed by atoms with E-state index < -0.39 is 12.0 Å². The number of pyridine rings is 1. The Labute approximate surface area is 118 Å². The van der Waals surface area contributed by atoms with Crippen LogP contribution in [-0.2, 0) is 9.53 Å². The first-order valence-corrected chi connectivity index (χ1v) is 6.57. The van der Waals surface area contributed by atoms with E-state index in [1.807, 2.05) is 32.9 Å². The first-order valence-electron chi connectivity index (χ1n) is 6.57. The molecule has 1 aromatic heterocycles. The Hall–Kier alpha value is -2.10. The smallest absolute Gasteiger partial charge is 0.328 e.